The van der Waals surface area contributed by atoms with Crippen molar-refractivity contribution in [3.8, 4) is 5.75 Å². The molecule has 2 aromatic rings. The van der Waals surface area contributed by atoms with Crippen LogP contribution in [0.15, 0.2) is 45.2 Å². The number of halogens is 1. The highest BCUT2D eigenvalue weighted by molar-refractivity contribution is 14.0. The van der Waals surface area contributed by atoms with Crippen molar-refractivity contribution in [3.05, 3.63) is 41.4 Å². The number of nitrogens with zero attached hydrogens (tertiary/aromatic N) is 2. The molecule has 1 aromatic carbocycles. The molecule has 0 saturated carbocycles. The Hall–Kier alpha value is -1.04. The van der Waals surface area contributed by atoms with Gasteiger partial charge >= 0.3 is 0 Å². The third-order valence-electron chi connectivity index (χ3n) is 3.65. The number of rotatable bonds is 11. The fourth-order valence-electron chi connectivity index (χ4n) is 2.39. The highest BCUT2D eigenvalue weighted by Crippen LogP contribution is 2.20. The number of aromatic nitrogens is 1. The Morgan fingerprint density at radius 2 is 2.03 bits per heavy atom. The third-order valence-corrected chi connectivity index (χ3v) is 5.70. The summed E-state index contributed by atoms with van der Waals surface area (Å²) in [6, 6.07) is 7.53. The number of hydrogen-bond donors (Lipinski definition) is 3. The van der Waals surface area contributed by atoms with Gasteiger partial charge in [0.1, 0.15) is 10.1 Å². The normalized spacial score (nSPS) is 12.4. The van der Waals surface area contributed by atoms with Gasteiger partial charge in [0, 0.05) is 30.4 Å². The summed E-state index contributed by atoms with van der Waals surface area (Å²) in [5.74, 6) is 2.54. The van der Waals surface area contributed by atoms with Crippen LogP contribution in [0, 0.1) is 0 Å². The van der Waals surface area contributed by atoms with Crippen LogP contribution in [0.1, 0.15) is 38.9 Å². The minimum Gasteiger partial charge on any atom is -0.491 e. The first-order valence-corrected chi connectivity index (χ1v) is 11.4. The molecule has 0 radical (unpaired) electrons. The second-order valence-corrected chi connectivity index (χ2v) is 8.63. The van der Waals surface area contributed by atoms with Crippen LogP contribution in [0.4, 0.5) is 0 Å². The summed E-state index contributed by atoms with van der Waals surface area (Å²) in [5, 5.41) is 18.9. The van der Waals surface area contributed by atoms with Gasteiger partial charge in [0.15, 0.2) is 5.96 Å². The molecule has 1 aromatic heterocycles. The maximum Gasteiger partial charge on any atom is 0.191 e. The number of hydrogen-bond acceptors (Lipinski definition) is 6. The SMILES string of the molecule is CCNC(=NCC(O)c1ccc(OC(C)C)cc1)NCCCSc1nccs1.I. The molecule has 0 aliphatic carbocycles. The van der Waals surface area contributed by atoms with E-state index in [0.29, 0.717) is 6.54 Å². The lowest BCUT2D eigenvalue weighted by molar-refractivity contribution is 0.186. The summed E-state index contributed by atoms with van der Waals surface area (Å²) in [4.78, 5) is 8.77. The predicted octanol–water partition coefficient (Wildman–Crippen LogP) is 4.32. The number of aliphatic hydroxyl groups is 1. The molecule has 9 heteroatoms. The second-order valence-electron chi connectivity index (χ2n) is 6.40. The third kappa shape index (κ3) is 10.5. The molecule has 0 amide bonds. The number of aliphatic imine (C=N–C) groups is 1. The summed E-state index contributed by atoms with van der Waals surface area (Å²) in [6.07, 6.45) is 2.32. The molecule has 2 rings (SSSR count). The van der Waals surface area contributed by atoms with Crippen molar-refractivity contribution in [2.45, 2.75) is 43.7 Å². The highest BCUT2D eigenvalue weighted by Gasteiger charge is 2.08. The van der Waals surface area contributed by atoms with E-state index in [1.807, 2.05) is 56.6 Å². The maximum absolute atomic E-state index is 10.4. The van der Waals surface area contributed by atoms with E-state index in [1.54, 1.807) is 23.1 Å². The van der Waals surface area contributed by atoms with Gasteiger partial charge in [-0.25, -0.2) is 4.98 Å². The van der Waals surface area contributed by atoms with Crippen LogP contribution in [-0.2, 0) is 0 Å². The van der Waals surface area contributed by atoms with Gasteiger partial charge in [0.25, 0.3) is 0 Å². The summed E-state index contributed by atoms with van der Waals surface area (Å²) >= 11 is 3.44. The molecule has 29 heavy (non-hydrogen) atoms. The lowest BCUT2D eigenvalue weighted by atomic mass is 10.1. The molecule has 1 heterocycles. The quantitative estimate of drug-likeness (QED) is 0.127. The summed E-state index contributed by atoms with van der Waals surface area (Å²) in [5.41, 5.74) is 0.829. The largest absolute Gasteiger partial charge is 0.491 e. The van der Waals surface area contributed by atoms with Crippen molar-refractivity contribution < 1.29 is 9.84 Å². The number of thiazole rings is 1. The van der Waals surface area contributed by atoms with Gasteiger partial charge in [-0.1, -0.05) is 23.9 Å². The predicted molar refractivity (Wildman–Crippen MR) is 134 cm³/mol. The monoisotopic (exact) mass is 550 g/mol. The van der Waals surface area contributed by atoms with Gasteiger partial charge in [0.05, 0.1) is 18.8 Å². The molecule has 162 valence electrons. The van der Waals surface area contributed by atoms with E-state index in [4.69, 9.17) is 4.74 Å². The van der Waals surface area contributed by atoms with E-state index in [2.05, 4.69) is 20.6 Å². The molecule has 0 bridgehead atoms. The van der Waals surface area contributed by atoms with Crippen molar-refractivity contribution in [3.63, 3.8) is 0 Å². The fourth-order valence-corrected chi connectivity index (χ4v) is 4.03. The minimum absolute atomic E-state index is 0. The van der Waals surface area contributed by atoms with Crippen molar-refractivity contribution in [1.29, 1.82) is 0 Å². The van der Waals surface area contributed by atoms with Crippen molar-refractivity contribution in [2.75, 3.05) is 25.4 Å². The van der Waals surface area contributed by atoms with Crippen LogP contribution in [0.25, 0.3) is 0 Å². The van der Waals surface area contributed by atoms with Crippen LogP contribution in [-0.4, -0.2) is 47.5 Å². The standard InChI is InChI=1S/C20H30N4O2S2.HI/c1-4-21-19(22-10-5-12-27-20-23-11-13-28-20)24-14-18(25)16-6-8-17(9-7-16)26-15(2)3;/h6-9,11,13,15,18,25H,4-5,10,12,14H2,1-3H3,(H2,21,22,24);1H. The van der Waals surface area contributed by atoms with Gasteiger partial charge in [0.2, 0.25) is 0 Å². The fraction of sp³-hybridized carbons (Fsp3) is 0.500. The Bertz CT molecular complexity index is 697. The molecule has 0 aliphatic rings. The average Bonchev–Trinajstić information content (AvgIpc) is 3.19. The minimum atomic E-state index is -0.649. The molecular weight excluding hydrogens is 519 g/mol. The van der Waals surface area contributed by atoms with Crippen molar-refractivity contribution in [2.24, 2.45) is 4.99 Å². The van der Waals surface area contributed by atoms with Crippen molar-refractivity contribution >= 4 is 53.0 Å². The molecule has 3 N–H and O–H groups in total. The maximum atomic E-state index is 10.4. The Balaban J connectivity index is 0.00000420. The topological polar surface area (TPSA) is 78.8 Å². The van der Waals surface area contributed by atoms with Gasteiger partial charge in [-0.15, -0.1) is 35.3 Å². The van der Waals surface area contributed by atoms with Gasteiger partial charge in [-0.2, -0.15) is 0 Å². The number of aliphatic hydroxyl groups excluding tert-OH is 1. The van der Waals surface area contributed by atoms with Crippen LogP contribution in [0.5, 0.6) is 5.75 Å². The number of guanidine groups is 1. The smallest absolute Gasteiger partial charge is 0.191 e. The average molecular weight is 551 g/mol. The van der Waals surface area contributed by atoms with E-state index in [9.17, 15) is 5.11 Å². The Morgan fingerprint density at radius 3 is 2.66 bits per heavy atom. The zero-order valence-corrected chi connectivity index (χ0v) is 21.1. The van der Waals surface area contributed by atoms with Crippen LogP contribution >= 0.6 is 47.1 Å². The van der Waals surface area contributed by atoms with Crippen LogP contribution < -0.4 is 15.4 Å². The van der Waals surface area contributed by atoms with E-state index >= 15 is 0 Å². The molecule has 1 unspecified atom stereocenters. The Labute approximate surface area is 199 Å². The second kappa shape index (κ2) is 14.9. The Morgan fingerprint density at radius 1 is 1.28 bits per heavy atom. The van der Waals surface area contributed by atoms with E-state index in [1.165, 1.54) is 0 Å². The molecule has 1 atom stereocenters. The van der Waals surface area contributed by atoms with E-state index in [0.717, 1.165) is 46.9 Å². The molecule has 6 nitrogen and oxygen atoms in total. The van der Waals surface area contributed by atoms with Crippen molar-refractivity contribution in [1.82, 2.24) is 15.6 Å². The lowest BCUT2D eigenvalue weighted by Crippen LogP contribution is -2.38. The van der Waals surface area contributed by atoms with Crippen LogP contribution in [0.3, 0.4) is 0 Å². The highest BCUT2D eigenvalue weighted by atomic mass is 127. The lowest BCUT2D eigenvalue weighted by Gasteiger charge is -2.14. The number of thioether (sulfide) groups is 1. The zero-order valence-electron chi connectivity index (χ0n) is 17.1. The van der Waals surface area contributed by atoms with Gasteiger partial charge < -0.3 is 20.5 Å². The zero-order chi connectivity index (χ0) is 20.2. The molecule has 0 spiro atoms. The van der Waals surface area contributed by atoms with Gasteiger partial charge in [-0.05, 0) is 44.9 Å². The van der Waals surface area contributed by atoms with Crippen LogP contribution in [0.2, 0.25) is 0 Å². The summed E-state index contributed by atoms with van der Waals surface area (Å²) in [6.45, 7) is 7.90. The first kappa shape index (κ1) is 26.0. The van der Waals surface area contributed by atoms with E-state index < -0.39 is 6.10 Å². The van der Waals surface area contributed by atoms with E-state index in [-0.39, 0.29) is 30.1 Å². The molecular formula is C20H31IN4O2S2. The van der Waals surface area contributed by atoms with Gasteiger partial charge in [-0.3, -0.25) is 4.99 Å². The first-order chi connectivity index (χ1) is 13.6. The molecule has 0 aliphatic heterocycles. The Kier molecular flexibility index (Phi) is 13.3. The first-order valence-electron chi connectivity index (χ1n) is 9.57. The summed E-state index contributed by atoms with van der Waals surface area (Å²) in [7, 11) is 0. The number of benzene rings is 1. The summed E-state index contributed by atoms with van der Waals surface area (Å²) < 4.78 is 6.74. The molecule has 0 saturated heterocycles. The number of ether oxygens (including phenoxy) is 1. The molecule has 0 fully saturated rings. The number of nitrogens with one attached hydrogen (secondary N) is 2.